The lowest BCUT2D eigenvalue weighted by Gasteiger charge is -2.14. The van der Waals surface area contributed by atoms with Crippen LogP contribution in [0.2, 0.25) is 10.0 Å². The molecule has 2 aromatic rings. The van der Waals surface area contributed by atoms with Crippen molar-refractivity contribution in [1.29, 1.82) is 0 Å². The molecule has 0 radical (unpaired) electrons. The van der Waals surface area contributed by atoms with Crippen molar-refractivity contribution in [3.05, 3.63) is 69.5 Å². The molecule has 1 N–H and O–H groups in total. The van der Waals surface area contributed by atoms with Crippen molar-refractivity contribution >= 4 is 46.8 Å². The normalized spacial score (nSPS) is 12.0. The summed E-state index contributed by atoms with van der Waals surface area (Å²) in [5.74, 6) is -1.88. The van der Waals surface area contributed by atoms with Crippen molar-refractivity contribution in [3.63, 3.8) is 0 Å². The molecule has 0 aliphatic heterocycles. The van der Waals surface area contributed by atoms with Crippen LogP contribution in [0.5, 0.6) is 0 Å². The highest BCUT2D eigenvalue weighted by Crippen LogP contribution is 2.21. The third-order valence-corrected chi connectivity index (χ3v) is 4.07. The largest absolute Gasteiger partial charge is 0.449 e. The Morgan fingerprint density at radius 1 is 1.23 bits per heavy atom. The number of benzene rings is 2. The van der Waals surface area contributed by atoms with Gasteiger partial charge in [0.15, 0.2) is 6.10 Å². The van der Waals surface area contributed by atoms with Gasteiger partial charge in [0.25, 0.3) is 5.91 Å². The Labute approximate surface area is 160 Å². The summed E-state index contributed by atoms with van der Waals surface area (Å²) in [6.07, 6.45) is 1.16. The molecule has 0 aliphatic carbocycles. The molecule has 136 valence electrons. The molecule has 0 heterocycles. The van der Waals surface area contributed by atoms with E-state index < -0.39 is 23.8 Å². The fraction of sp³-hybridized carbons (Fsp3) is 0.158. The fourth-order valence-corrected chi connectivity index (χ4v) is 2.45. The Morgan fingerprint density at radius 2 is 1.96 bits per heavy atom. The Hall–Kier alpha value is -2.37. The van der Waals surface area contributed by atoms with E-state index in [1.165, 1.54) is 31.2 Å². The van der Waals surface area contributed by atoms with Crippen LogP contribution in [0.4, 0.5) is 10.1 Å². The average Bonchev–Trinajstić information content (AvgIpc) is 2.57. The number of amides is 1. The summed E-state index contributed by atoms with van der Waals surface area (Å²) in [6.45, 7) is 3.24. The molecule has 0 bridgehead atoms. The predicted octanol–water partition coefficient (Wildman–Crippen LogP) is 5.02. The molecule has 0 saturated heterocycles. The highest BCUT2D eigenvalue weighted by Gasteiger charge is 2.17. The van der Waals surface area contributed by atoms with Crippen LogP contribution in [0.3, 0.4) is 0 Å². The molecule has 0 aromatic heterocycles. The SMILES string of the molecule is Cc1ccc(Cl)cc1NC(=O)C(C)OC(=O)/C=C/c1c(F)cccc1Cl. The Morgan fingerprint density at radius 3 is 2.65 bits per heavy atom. The minimum absolute atomic E-state index is 0.0674. The molecule has 0 fully saturated rings. The van der Waals surface area contributed by atoms with Crippen molar-refractivity contribution in [2.24, 2.45) is 0 Å². The Balaban J connectivity index is 1.99. The standard InChI is InChI=1S/C19H16Cl2FNO3/c1-11-6-7-13(20)10-17(11)23-19(25)12(2)26-18(24)9-8-14-15(21)4-3-5-16(14)22/h3-10,12H,1-2H3,(H,23,25)/b9-8+. The quantitative estimate of drug-likeness (QED) is 0.570. The zero-order valence-electron chi connectivity index (χ0n) is 14.1. The summed E-state index contributed by atoms with van der Waals surface area (Å²) in [4.78, 5) is 24.0. The number of carbonyl (C=O) groups excluding carboxylic acids is 2. The Bertz CT molecular complexity index is 848. The molecule has 26 heavy (non-hydrogen) atoms. The van der Waals surface area contributed by atoms with Gasteiger partial charge in [-0.3, -0.25) is 4.79 Å². The first-order valence-electron chi connectivity index (χ1n) is 7.67. The number of anilines is 1. The van der Waals surface area contributed by atoms with Crippen LogP contribution in [-0.2, 0) is 14.3 Å². The molecular weight excluding hydrogens is 380 g/mol. The van der Waals surface area contributed by atoms with Crippen LogP contribution < -0.4 is 5.32 Å². The van der Waals surface area contributed by atoms with Gasteiger partial charge in [0.2, 0.25) is 0 Å². The van der Waals surface area contributed by atoms with Gasteiger partial charge in [-0.25, -0.2) is 9.18 Å². The van der Waals surface area contributed by atoms with E-state index in [2.05, 4.69) is 5.32 Å². The van der Waals surface area contributed by atoms with E-state index in [4.69, 9.17) is 27.9 Å². The van der Waals surface area contributed by atoms with Gasteiger partial charge in [-0.05, 0) is 49.8 Å². The van der Waals surface area contributed by atoms with E-state index in [0.717, 1.165) is 11.6 Å². The van der Waals surface area contributed by atoms with E-state index in [1.807, 2.05) is 6.92 Å². The monoisotopic (exact) mass is 395 g/mol. The summed E-state index contributed by atoms with van der Waals surface area (Å²) in [6, 6.07) is 9.24. The van der Waals surface area contributed by atoms with Crippen molar-refractivity contribution in [2.75, 3.05) is 5.32 Å². The molecule has 4 nitrogen and oxygen atoms in total. The van der Waals surface area contributed by atoms with Crippen LogP contribution in [0.1, 0.15) is 18.1 Å². The molecule has 0 saturated carbocycles. The van der Waals surface area contributed by atoms with Gasteiger partial charge in [0.05, 0.1) is 5.02 Å². The summed E-state index contributed by atoms with van der Waals surface area (Å²) in [7, 11) is 0. The van der Waals surface area contributed by atoms with E-state index in [0.29, 0.717) is 10.7 Å². The molecule has 1 amide bonds. The maximum absolute atomic E-state index is 13.6. The van der Waals surface area contributed by atoms with Crippen molar-refractivity contribution in [2.45, 2.75) is 20.0 Å². The van der Waals surface area contributed by atoms with Gasteiger partial charge in [0.1, 0.15) is 5.82 Å². The van der Waals surface area contributed by atoms with Gasteiger partial charge in [0, 0.05) is 22.3 Å². The Kier molecular flexibility index (Phi) is 6.77. The topological polar surface area (TPSA) is 55.4 Å². The minimum atomic E-state index is -1.05. The summed E-state index contributed by atoms with van der Waals surface area (Å²) >= 11 is 11.8. The number of hydrogen-bond acceptors (Lipinski definition) is 3. The lowest BCUT2D eigenvalue weighted by molar-refractivity contribution is -0.148. The smallest absolute Gasteiger partial charge is 0.331 e. The molecule has 0 aliphatic rings. The lowest BCUT2D eigenvalue weighted by Crippen LogP contribution is -2.29. The zero-order chi connectivity index (χ0) is 19.3. The van der Waals surface area contributed by atoms with E-state index in [-0.39, 0.29) is 10.6 Å². The van der Waals surface area contributed by atoms with Gasteiger partial charge in [-0.1, -0.05) is 35.3 Å². The number of esters is 1. The first-order chi connectivity index (χ1) is 12.3. The van der Waals surface area contributed by atoms with Gasteiger partial charge >= 0.3 is 5.97 Å². The average molecular weight is 396 g/mol. The molecule has 2 rings (SSSR count). The third-order valence-electron chi connectivity index (χ3n) is 3.51. The molecule has 7 heteroatoms. The van der Waals surface area contributed by atoms with E-state index in [9.17, 15) is 14.0 Å². The van der Waals surface area contributed by atoms with Gasteiger partial charge < -0.3 is 10.1 Å². The van der Waals surface area contributed by atoms with Crippen LogP contribution in [0.25, 0.3) is 6.08 Å². The first kappa shape index (κ1) is 19.9. The van der Waals surface area contributed by atoms with Crippen molar-refractivity contribution in [3.8, 4) is 0 Å². The van der Waals surface area contributed by atoms with Crippen molar-refractivity contribution < 1.29 is 18.7 Å². The van der Waals surface area contributed by atoms with Crippen LogP contribution in [-0.4, -0.2) is 18.0 Å². The second-order valence-electron chi connectivity index (χ2n) is 5.50. The summed E-state index contributed by atoms with van der Waals surface area (Å²) < 4.78 is 18.7. The molecule has 2 aromatic carbocycles. The zero-order valence-corrected chi connectivity index (χ0v) is 15.6. The maximum atomic E-state index is 13.6. The van der Waals surface area contributed by atoms with E-state index >= 15 is 0 Å². The van der Waals surface area contributed by atoms with Crippen LogP contribution >= 0.6 is 23.2 Å². The number of aryl methyl sites for hydroxylation is 1. The highest BCUT2D eigenvalue weighted by atomic mass is 35.5. The van der Waals surface area contributed by atoms with E-state index in [1.54, 1.807) is 18.2 Å². The summed E-state index contributed by atoms with van der Waals surface area (Å²) in [5.41, 5.74) is 1.41. The van der Waals surface area contributed by atoms with Crippen LogP contribution in [0.15, 0.2) is 42.5 Å². The second-order valence-corrected chi connectivity index (χ2v) is 6.34. The lowest BCUT2D eigenvalue weighted by atomic mass is 10.2. The number of carbonyl (C=O) groups is 2. The molecule has 1 unspecified atom stereocenters. The fourth-order valence-electron chi connectivity index (χ4n) is 2.05. The van der Waals surface area contributed by atoms with Crippen molar-refractivity contribution in [1.82, 2.24) is 0 Å². The molecule has 1 atom stereocenters. The molecular formula is C19H16Cl2FNO3. The third kappa shape index (κ3) is 5.31. The maximum Gasteiger partial charge on any atom is 0.331 e. The number of hydrogen-bond donors (Lipinski definition) is 1. The van der Waals surface area contributed by atoms with Crippen LogP contribution in [0, 0.1) is 12.7 Å². The second kappa shape index (κ2) is 8.83. The minimum Gasteiger partial charge on any atom is -0.449 e. The highest BCUT2D eigenvalue weighted by molar-refractivity contribution is 6.32. The first-order valence-corrected chi connectivity index (χ1v) is 8.43. The molecule has 0 spiro atoms. The predicted molar refractivity (Wildman–Crippen MR) is 101 cm³/mol. The summed E-state index contributed by atoms with van der Waals surface area (Å²) in [5, 5.41) is 3.28. The van der Waals surface area contributed by atoms with Gasteiger partial charge in [-0.15, -0.1) is 0 Å². The number of ether oxygens (including phenoxy) is 1. The number of nitrogens with one attached hydrogen (secondary N) is 1. The number of halogens is 3. The van der Waals surface area contributed by atoms with Gasteiger partial charge in [-0.2, -0.15) is 0 Å². The number of rotatable bonds is 5.